The van der Waals surface area contributed by atoms with Crippen LogP contribution >= 0.6 is 0 Å². The van der Waals surface area contributed by atoms with Gasteiger partial charge in [-0.3, -0.25) is 9.59 Å². The van der Waals surface area contributed by atoms with Crippen molar-refractivity contribution in [3.63, 3.8) is 0 Å². The number of rotatable bonds is 6. The third-order valence-corrected chi connectivity index (χ3v) is 4.34. The first-order chi connectivity index (χ1) is 12.1. The van der Waals surface area contributed by atoms with Gasteiger partial charge in [0.1, 0.15) is 5.82 Å². The number of halogens is 1. The predicted octanol–water partition coefficient (Wildman–Crippen LogP) is 2.85. The first-order valence-electron chi connectivity index (χ1n) is 8.52. The first kappa shape index (κ1) is 17.1. The molecule has 2 aromatic carbocycles. The Hall–Kier alpha value is -2.69. The maximum Gasteiger partial charge on any atom is 0.227 e. The molecule has 2 aromatic rings. The summed E-state index contributed by atoms with van der Waals surface area (Å²) in [6, 6.07) is 13.9. The quantitative estimate of drug-likeness (QED) is 0.879. The zero-order chi connectivity index (χ0) is 17.6. The highest BCUT2D eigenvalue weighted by atomic mass is 19.1. The van der Waals surface area contributed by atoms with Gasteiger partial charge in [-0.15, -0.1) is 0 Å². The molecule has 4 nitrogen and oxygen atoms in total. The Morgan fingerprint density at radius 1 is 1.04 bits per heavy atom. The molecule has 25 heavy (non-hydrogen) atoms. The lowest BCUT2D eigenvalue weighted by Gasteiger charge is -2.15. The minimum atomic E-state index is -0.258. The van der Waals surface area contributed by atoms with Crippen LogP contribution in [0.3, 0.4) is 0 Å². The zero-order valence-electron chi connectivity index (χ0n) is 14.0. The molecule has 1 N–H and O–H groups in total. The van der Waals surface area contributed by atoms with Crippen LogP contribution in [0.15, 0.2) is 48.5 Å². The molecule has 0 radical (unpaired) electrons. The highest BCUT2D eigenvalue weighted by molar-refractivity contribution is 5.95. The lowest BCUT2D eigenvalue weighted by Crippen LogP contribution is -2.27. The molecule has 0 atom stereocenters. The van der Waals surface area contributed by atoms with E-state index >= 15 is 0 Å². The second kappa shape index (κ2) is 7.92. The molecule has 0 spiro atoms. The molecular formula is C20H21FN2O2. The van der Waals surface area contributed by atoms with Crippen molar-refractivity contribution in [1.29, 1.82) is 0 Å². The SMILES string of the molecule is O=C(Cc1ccc(N2CCCC2=O)cc1)NCCc1ccc(F)cc1. The van der Waals surface area contributed by atoms with Crippen molar-refractivity contribution in [3.05, 3.63) is 65.5 Å². The van der Waals surface area contributed by atoms with Gasteiger partial charge in [0.25, 0.3) is 0 Å². The third kappa shape index (κ3) is 4.66. The maximum absolute atomic E-state index is 12.8. The van der Waals surface area contributed by atoms with E-state index in [-0.39, 0.29) is 17.6 Å². The minimum Gasteiger partial charge on any atom is -0.355 e. The van der Waals surface area contributed by atoms with E-state index in [1.54, 1.807) is 17.0 Å². The number of hydrogen-bond donors (Lipinski definition) is 1. The molecule has 130 valence electrons. The van der Waals surface area contributed by atoms with E-state index in [1.807, 2.05) is 24.3 Å². The van der Waals surface area contributed by atoms with Gasteiger partial charge in [-0.2, -0.15) is 0 Å². The Morgan fingerprint density at radius 3 is 2.36 bits per heavy atom. The second-order valence-electron chi connectivity index (χ2n) is 6.22. The molecule has 1 heterocycles. The first-order valence-corrected chi connectivity index (χ1v) is 8.52. The lowest BCUT2D eigenvalue weighted by atomic mass is 10.1. The summed E-state index contributed by atoms with van der Waals surface area (Å²) < 4.78 is 12.8. The highest BCUT2D eigenvalue weighted by Crippen LogP contribution is 2.21. The Bertz CT molecular complexity index is 741. The fourth-order valence-corrected chi connectivity index (χ4v) is 2.96. The maximum atomic E-state index is 12.8. The van der Waals surface area contributed by atoms with Crippen LogP contribution in [0, 0.1) is 5.82 Å². The Morgan fingerprint density at radius 2 is 1.72 bits per heavy atom. The molecular weight excluding hydrogens is 319 g/mol. The summed E-state index contributed by atoms with van der Waals surface area (Å²) in [4.78, 5) is 25.5. The van der Waals surface area contributed by atoms with Crippen molar-refractivity contribution in [1.82, 2.24) is 5.32 Å². The standard InChI is InChI=1S/C20H21FN2O2/c21-17-7-3-15(4-8-17)11-12-22-19(24)14-16-5-9-18(10-6-16)23-13-1-2-20(23)25/h3-10H,1-2,11-14H2,(H,22,24). The predicted molar refractivity (Wildman–Crippen MR) is 94.8 cm³/mol. The molecule has 0 bridgehead atoms. The van der Waals surface area contributed by atoms with Gasteiger partial charge in [0.15, 0.2) is 0 Å². The van der Waals surface area contributed by atoms with E-state index in [4.69, 9.17) is 0 Å². The number of carbonyl (C=O) groups is 2. The minimum absolute atomic E-state index is 0.0490. The van der Waals surface area contributed by atoms with Crippen LogP contribution in [0.25, 0.3) is 0 Å². The van der Waals surface area contributed by atoms with Crippen molar-refractivity contribution in [2.45, 2.75) is 25.7 Å². The Balaban J connectivity index is 1.46. The fraction of sp³-hybridized carbons (Fsp3) is 0.300. The zero-order valence-corrected chi connectivity index (χ0v) is 14.0. The van der Waals surface area contributed by atoms with Crippen molar-refractivity contribution >= 4 is 17.5 Å². The number of nitrogens with one attached hydrogen (secondary N) is 1. The van der Waals surface area contributed by atoms with Gasteiger partial charge in [-0.05, 0) is 48.2 Å². The number of carbonyl (C=O) groups excluding carboxylic acids is 2. The van der Waals surface area contributed by atoms with E-state index in [1.165, 1.54) is 12.1 Å². The van der Waals surface area contributed by atoms with E-state index < -0.39 is 0 Å². The number of amides is 2. The summed E-state index contributed by atoms with van der Waals surface area (Å²) in [5.74, 6) is -0.148. The van der Waals surface area contributed by atoms with E-state index in [0.717, 1.165) is 29.8 Å². The van der Waals surface area contributed by atoms with Crippen LogP contribution in [-0.4, -0.2) is 24.9 Å². The van der Waals surface area contributed by atoms with Crippen molar-refractivity contribution in [2.24, 2.45) is 0 Å². The summed E-state index contributed by atoms with van der Waals surface area (Å²) in [6.45, 7) is 1.28. The Labute approximate surface area is 146 Å². The molecule has 1 fully saturated rings. The van der Waals surface area contributed by atoms with Crippen LogP contribution in [0.2, 0.25) is 0 Å². The van der Waals surface area contributed by atoms with Crippen molar-refractivity contribution < 1.29 is 14.0 Å². The number of benzene rings is 2. The van der Waals surface area contributed by atoms with Gasteiger partial charge in [0.05, 0.1) is 6.42 Å². The van der Waals surface area contributed by atoms with Crippen LogP contribution < -0.4 is 10.2 Å². The average Bonchev–Trinajstić information content (AvgIpc) is 3.03. The highest BCUT2D eigenvalue weighted by Gasteiger charge is 2.21. The molecule has 0 aliphatic carbocycles. The van der Waals surface area contributed by atoms with Crippen LogP contribution in [0.5, 0.6) is 0 Å². The van der Waals surface area contributed by atoms with Crippen molar-refractivity contribution in [2.75, 3.05) is 18.0 Å². The van der Waals surface area contributed by atoms with Gasteiger partial charge >= 0.3 is 0 Å². The third-order valence-electron chi connectivity index (χ3n) is 4.34. The molecule has 1 aliphatic heterocycles. The van der Waals surface area contributed by atoms with Gasteiger partial charge in [0, 0.05) is 25.2 Å². The van der Waals surface area contributed by atoms with Crippen LogP contribution in [0.1, 0.15) is 24.0 Å². The van der Waals surface area contributed by atoms with Crippen LogP contribution in [-0.2, 0) is 22.4 Å². The van der Waals surface area contributed by atoms with E-state index in [0.29, 0.717) is 25.8 Å². The summed E-state index contributed by atoms with van der Waals surface area (Å²) in [6.07, 6.45) is 2.48. The molecule has 0 aromatic heterocycles. The smallest absolute Gasteiger partial charge is 0.227 e. The average molecular weight is 340 g/mol. The topological polar surface area (TPSA) is 49.4 Å². The number of anilines is 1. The number of hydrogen-bond acceptors (Lipinski definition) is 2. The monoisotopic (exact) mass is 340 g/mol. The molecule has 0 saturated carbocycles. The van der Waals surface area contributed by atoms with Gasteiger partial charge in [0.2, 0.25) is 11.8 Å². The summed E-state index contributed by atoms with van der Waals surface area (Å²) in [5.41, 5.74) is 2.79. The molecule has 5 heteroatoms. The van der Waals surface area contributed by atoms with E-state index in [9.17, 15) is 14.0 Å². The molecule has 1 aliphatic rings. The van der Waals surface area contributed by atoms with Crippen LogP contribution in [0.4, 0.5) is 10.1 Å². The molecule has 2 amide bonds. The second-order valence-corrected chi connectivity index (χ2v) is 6.22. The number of nitrogens with zero attached hydrogens (tertiary/aromatic N) is 1. The van der Waals surface area contributed by atoms with Gasteiger partial charge in [-0.1, -0.05) is 24.3 Å². The van der Waals surface area contributed by atoms with Gasteiger partial charge in [-0.25, -0.2) is 4.39 Å². The largest absolute Gasteiger partial charge is 0.355 e. The fourth-order valence-electron chi connectivity index (χ4n) is 2.96. The summed E-state index contributed by atoms with van der Waals surface area (Å²) >= 11 is 0. The molecule has 3 rings (SSSR count). The summed E-state index contributed by atoms with van der Waals surface area (Å²) in [5, 5.41) is 2.87. The molecule has 1 saturated heterocycles. The van der Waals surface area contributed by atoms with E-state index in [2.05, 4.69) is 5.32 Å². The normalized spacial score (nSPS) is 14.0. The van der Waals surface area contributed by atoms with Crippen molar-refractivity contribution in [3.8, 4) is 0 Å². The molecule has 0 unspecified atom stereocenters. The summed E-state index contributed by atoms with van der Waals surface area (Å²) in [7, 11) is 0. The Kier molecular flexibility index (Phi) is 5.43. The van der Waals surface area contributed by atoms with Gasteiger partial charge < -0.3 is 10.2 Å². The lowest BCUT2D eigenvalue weighted by molar-refractivity contribution is -0.120.